The molecular formula is C14H15N. The molecule has 0 fully saturated rings. The van der Waals surface area contributed by atoms with Crippen LogP contribution in [0.3, 0.4) is 0 Å². The van der Waals surface area contributed by atoms with E-state index in [4.69, 9.17) is 0 Å². The summed E-state index contributed by atoms with van der Waals surface area (Å²) in [7, 11) is 0. The van der Waals surface area contributed by atoms with Crippen LogP contribution in [-0.4, -0.2) is 4.98 Å². The van der Waals surface area contributed by atoms with Crippen LogP contribution in [0, 0.1) is 6.92 Å². The molecule has 2 rings (SSSR count). The Labute approximate surface area is 90.8 Å². The van der Waals surface area contributed by atoms with Gasteiger partial charge in [0.05, 0.1) is 5.69 Å². The zero-order valence-electron chi connectivity index (χ0n) is 9.20. The molecule has 2 aromatic rings. The number of rotatable bonds is 2. The van der Waals surface area contributed by atoms with Crippen molar-refractivity contribution >= 4 is 0 Å². The number of benzene rings is 1. The van der Waals surface area contributed by atoms with Gasteiger partial charge in [0.2, 0.25) is 0 Å². The maximum atomic E-state index is 4.37. The molecule has 0 aliphatic heterocycles. The van der Waals surface area contributed by atoms with E-state index < -0.39 is 0 Å². The summed E-state index contributed by atoms with van der Waals surface area (Å²) in [5.41, 5.74) is 4.86. The minimum atomic E-state index is 1.05. The Morgan fingerprint density at radius 1 is 1.07 bits per heavy atom. The molecule has 15 heavy (non-hydrogen) atoms. The Morgan fingerprint density at radius 2 is 1.80 bits per heavy atom. The van der Waals surface area contributed by atoms with Crippen LogP contribution < -0.4 is 0 Å². The molecule has 0 unspecified atom stereocenters. The van der Waals surface area contributed by atoms with E-state index in [0.717, 1.165) is 12.1 Å². The van der Waals surface area contributed by atoms with E-state index in [0.29, 0.717) is 0 Å². The third-order valence-electron chi connectivity index (χ3n) is 2.57. The molecule has 0 radical (unpaired) electrons. The van der Waals surface area contributed by atoms with Crippen LogP contribution in [0.4, 0.5) is 0 Å². The molecule has 0 N–H and O–H groups in total. The number of pyridine rings is 1. The lowest BCUT2D eigenvalue weighted by atomic mass is 10.1. The lowest BCUT2D eigenvalue weighted by Gasteiger charge is -2.02. The van der Waals surface area contributed by atoms with Crippen molar-refractivity contribution in [3.8, 4) is 11.3 Å². The number of hydrogen-bond donors (Lipinski definition) is 0. The van der Waals surface area contributed by atoms with E-state index in [-0.39, 0.29) is 0 Å². The molecule has 0 saturated heterocycles. The minimum Gasteiger partial charge on any atom is -0.256 e. The molecule has 1 aromatic carbocycles. The summed E-state index contributed by atoms with van der Waals surface area (Å²) < 4.78 is 0. The van der Waals surface area contributed by atoms with Gasteiger partial charge in [0.15, 0.2) is 0 Å². The first-order valence-corrected chi connectivity index (χ1v) is 5.31. The van der Waals surface area contributed by atoms with Crippen molar-refractivity contribution in [2.24, 2.45) is 0 Å². The third kappa shape index (κ3) is 2.24. The summed E-state index contributed by atoms with van der Waals surface area (Å²) in [6, 6.07) is 12.7. The van der Waals surface area contributed by atoms with Crippen LogP contribution in [0.25, 0.3) is 11.3 Å². The van der Waals surface area contributed by atoms with Gasteiger partial charge in [-0.1, -0.05) is 31.2 Å². The van der Waals surface area contributed by atoms with Crippen LogP contribution in [0.2, 0.25) is 0 Å². The van der Waals surface area contributed by atoms with Crippen molar-refractivity contribution in [1.29, 1.82) is 0 Å². The van der Waals surface area contributed by atoms with E-state index in [1.165, 1.54) is 16.7 Å². The maximum absolute atomic E-state index is 4.37. The van der Waals surface area contributed by atoms with Gasteiger partial charge in [-0.2, -0.15) is 0 Å². The molecule has 0 aliphatic rings. The second-order valence-corrected chi connectivity index (χ2v) is 3.77. The lowest BCUT2D eigenvalue weighted by molar-refractivity contribution is 1.14. The molecule has 0 saturated carbocycles. The normalized spacial score (nSPS) is 10.3. The van der Waals surface area contributed by atoms with E-state index in [9.17, 15) is 0 Å². The van der Waals surface area contributed by atoms with Gasteiger partial charge in [-0.3, -0.25) is 4.98 Å². The fraction of sp³-hybridized carbons (Fsp3) is 0.214. The van der Waals surface area contributed by atoms with Gasteiger partial charge in [-0.05, 0) is 36.6 Å². The van der Waals surface area contributed by atoms with E-state index in [1.54, 1.807) is 0 Å². The summed E-state index contributed by atoms with van der Waals surface area (Å²) in [5, 5.41) is 0. The fourth-order valence-electron chi connectivity index (χ4n) is 1.61. The average molecular weight is 197 g/mol. The topological polar surface area (TPSA) is 12.9 Å². The standard InChI is InChI=1S/C14H15N/c1-3-12-4-6-13(7-5-12)14-10-11(2)8-9-15-14/h4-10H,3H2,1-2H3. The Hall–Kier alpha value is -1.63. The fourth-order valence-corrected chi connectivity index (χ4v) is 1.61. The first-order chi connectivity index (χ1) is 7.29. The van der Waals surface area contributed by atoms with E-state index >= 15 is 0 Å². The highest BCUT2D eigenvalue weighted by atomic mass is 14.7. The summed E-state index contributed by atoms with van der Waals surface area (Å²) >= 11 is 0. The molecule has 76 valence electrons. The third-order valence-corrected chi connectivity index (χ3v) is 2.57. The summed E-state index contributed by atoms with van der Waals surface area (Å²) in [6.07, 6.45) is 2.94. The van der Waals surface area contributed by atoms with Gasteiger partial charge < -0.3 is 0 Å². The average Bonchev–Trinajstić information content (AvgIpc) is 2.29. The van der Waals surface area contributed by atoms with Gasteiger partial charge in [-0.25, -0.2) is 0 Å². The second kappa shape index (κ2) is 4.26. The minimum absolute atomic E-state index is 1.05. The van der Waals surface area contributed by atoms with Crippen molar-refractivity contribution in [2.75, 3.05) is 0 Å². The van der Waals surface area contributed by atoms with E-state index in [1.807, 2.05) is 12.3 Å². The molecule has 1 nitrogen and oxygen atoms in total. The Bertz CT molecular complexity index is 443. The van der Waals surface area contributed by atoms with Crippen molar-refractivity contribution in [1.82, 2.24) is 4.98 Å². The molecule has 1 heterocycles. The van der Waals surface area contributed by atoms with Crippen molar-refractivity contribution in [2.45, 2.75) is 20.3 Å². The summed E-state index contributed by atoms with van der Waals surface area (Å²) in [4.78, 5) is 4.37. The van der Waals surface area contributed by atoms with Crippen LogP contribution >= 0.6 is 0 Å². The molecule has 0 amide bonds. The Kier molecular flexibility index (Phi) is 2.82. The van der Waals surface area contributed by atoms with E-state index in [2.05, 4.69) is 49.2 Å². The van der Waals surface area contributed by atoms with Crippen molar-refractivity contribution in [3.63, 3.8) is 0 Å². The smallest absolute Gasteiger partial charge is 0.0704 e. The first kappa shape index (κ1) is 9.91. The molecule has 0 bridgehead atoms. The molecule has 0 aliphatic carbocycles. The molecule has 1 aromatic heterocycles. The highest BCUT2D eigenvalue weighted by Crippen LogP contribution is 2.18. The summed E-state index contributed by atoms with van der Waals surface area (Å²) in [5.74, 6) is 0. The molecule has 0 spiro atoms. The van der Waals surface area contributed by atoms with Crippen LogP contribution in [-0.2, 0) is 6.42 Å². The van der Waals surface area contributed by atoms with Gasteiger partial charge in [0, 0.05) is 11.8 Å². The Morgan fingerprint density at radius 3 is 2.40 bits per heavy atom. The van der Waals surface area contributed by atoms with Gasteiger partial charge in [0.25, 0.3) is 0 Å². The maximum Gasteiger partial charge on any atom is 0.0704 e. The number of aromatic nitrogens is 1. The van der Waals surface area contributed by atoms with Gasteiger partial charge in [-0.15, -0.1) is 0 Å². The van der Waals surface area contributed by atoms with Crippen molar-refractivity contribution in [3.05, 3.63) is 53.7 Å². The SMILES string of the molecule is CCc1ccc(-c2cc(C)ccn2)cc1. The van der Waals surface area contributed by atoms with Crippen LogP contribution in [0.15, 0.2) is 42.6 Å². The van der Waals surface area contributed by atoms with Gasteiger partial charge >= 0.3 is 0 Å². The predicted molar refractivity (Wildman–Crippen MR) is 63.8 cm³/mol. The number of aryl methyl sites for hydroxylation is 2. The lowest BCUT2D eigenvalue weighted by Crippen LogP contribution is -1.85. The number of hydrogen-bond acceptors (Lipinski definition) is 1. The summed E-state index contributed by atoms with van der Waals surface area (Å²) in [6.45, 7) is 4.26. The highest BCUT2D eigenvalue weighted by molar-refractivity contribution is 5.59. The predicted octanol–water partition coefficient (Wildman–Crippen LogP) is 3.62. The number of nitrogens with zero attached hydrogens (tertiary/aromatic N) is 1. The van der Waals surface area contributed by atoms with Crippen LogP contribution in [0.1, 0.15) is 18.1 Å². The first-order valence-electron chi connectivity index (χ1n) is 5.31. The van der Waals surface area contributed by atoms with Crippen molar-refractivity contribution < 1.29 is 0 Å². The quantitative estimate of drug-likeness (QED) is 0.716. The molecular weight excluding hydrogens is 182 g/mol. The zero-order valence-corrected chi connectivity index (χ0v) is 9.20. The van der Waals surface area contributed by atoms with Gasteiger partial charge in [0.1, 0.15) is 0 Å². The van der Waals surface area contributed by atoms with Crippen LogP contribution in [0.5, 0.6) is 0 Å². The zero-order chi connectivity index (χ0) is 10.7. The second-order valence-electron chi connectivity index (χ2n) is 3.77. The monoisotopic (exact) mass is 197 g/mol. The Balaban J connectivity index is 2.37. The molecule has 1 heteroatoms. The largest absolute Gasteiger partial charge is 0.256 e. The molecule has 0 atom stereocenters. The highest BCUT2D eigenvalue weighted by Gasteiger charge is 1.98.